The molecule has 20 heavy (non-hydrogen) atoms. The van der Waals surface area contributed by atoms with Gasteiger partial charge < -0.3 is 10.5 Å². The molecule has 1 aromatic heterocycles. The number of rotatable bonds is 5. The van der Waals surface area contributed by atoms with E-state index in [-0.39, 0.29) is 12.5 Å². The maximum absolute atomic E-state index is 12.4. The standard InChI is InChI=1S/C15H18N2O2S/c1-11-5-3-4-6-13(11)15(9-16,14(18)19-2)7-12-8-17-10-20-12/h3-6,8,10H,7,9,16H2,1-2H3. The summed E-state index contributed by atoms with van der Waals surface area (Å²) in [4.78, 5) is 17.5. The SMILES string of the molecule is COC(=O)C(CN)(Cc1cncs1)c1ccccc1C. The van der Waals surface area contributed by atoms with Crippen molar-refractivity contribution >= 4 is 17.3 Å². The number of benzene rings is 1. The highest BCUT2D eigenvalue weighted by atomic mass is 32.1. The van der Waals surface area contributed by atoms with Crippen molar-refractivity contribution in [3.63, 3.8) is 0 Å². The van der Waals surface area contributed by atoms with E-state index in [2.05, 4.69) is 4.98 Å². The zero-order valence-electron chi connectivity index (χ0n) is 11.6. The Balaban J connectivity index is 2.53. The quantitative estimate of drug-likeness (QED) is 0.856. The van der Waals surface area contributed by atoms with Crippen LogP contribution in [0.1, 0.15) is 16.0 Å². The van der Waals surface area contributed by atoms with Crippen molar-refractivity contribution in [2.45, 2.75) is 18.8 Å². The van der Waals surface area contributed by atoms with Crippen molar-refractivity contribution in [1.29, 1.82) is 0 Å². The fraction of sp³-hybridized carbons (Fsp3) is 0.333. The summed E-state index contributed by atoms with van der Waals surface area (Å²) in [5.74, 6) is -0.303. The van der Waals surface area contributed by atoms with Gasteiger partial charge in [0.1, 0.15) is 5.41 Å². The molecule has 2 rings (SSSR count). The number of nitrogens with two attached hydrogens (primary N) is 1. The Kier molecular flexibility index (Phi) is 4.52. The van der Waals surface area contributed by atoms with Crippen LogP contribution in [0.4, 0.5) is 0 Å². The van der Waals surface area contributed by atoms with Crippen LogP contribution >= 0.6 is 11.3 Å². The van der Waals surface area contributed by atoms with E-state index in [0.29, 0.717) is 6.42 Å². The second-order valence-corrected chi connectivity index (χ2v) is 5.71. The molecule has 0 saturated heterocycles. The van der Waals surface area contributed by atoms with Crippen LogP contribution in [0.5, 0.6) is 0 Å². The third kappa shape index (κ3) is 2.59. The minimum Gasteiger partial charge on any atom is -0.468 e. The summed E-state index contributed by atoms with van der Waals surface area (Å²) < 4.78 is 5.03. The number of carbonyl (C=O) groups is 1. The second-order valence-electron chi connectivity index (χ2n) is 4.74. The number of carbonyl (C=O) groups excluding carboxylic acids is 1. The van der Waals surface area contributed by atoms with E-state index in [1.165, 1.54) is 18.4 Å². The van der Waals surface area contributed by atoms with Gasteiger partial charge in [-0.1, -0.05) is 24.3 Å². The predicted molar refractivity (Wildman–Crippen MR) is 79.7 cm³/mol. The lowest BCUT2D eigenvalue weighted by Gasteiger charge is -2.31. The van der Waals surface area contributed by atoms with Gasteiger partial charge in [-0.15, -0.1) is 11.3 Å². The van der Waals surface area contributed by atoms with Crippen LogP contribution in [0.25, 0.3) is 0 Å². The summed E-state index contributed by atoms with van der Waals surface area (Å²) in [5.41, 5.74) is 8.84. The maximum atomic E-state index is 12.4. The average molecular weight is 290 g/mol. The van der Waals surface area contributed by atoms with E-state index in [9.17, 15) is 4.79 Å². The number of methoxy groups -OCH3 is 1. The monoisotopic (exact) mass is 290 g/mol. The summed E-state index contributed by atoms with van der Waals surface area (Å²) in [5, 5.41) is 0. The Labute approximate surface area is 122 Å². The molecule has 1 unspecified atom stereocenters. The zero-order valence-corrected chi connectivity index (χ0v) is 12.4. The van der Waals surface area contributed by atoms with Crippen molar-refractivity contribution in [3.8, 4) is 0 Å². The minimum atomic E-state index is -0.855. The highest BCUT2D eigenvalue weighted by molar-refractivity contribution is 7.09. The van der Waals surface area contributed by atoms with Gasteiger partial charge in [0.15, 0.2) is 0 Å². The molecule has 2 N–H and O–H groups in total. The molecule has 106 valence electrons. The molecule has 4 nitrogen and oxygen atoms in total. The first kappa shape index (κ1) is 14.7. The molecule has 0 aliphatic rings. The normalized spacial score (nSPS) is 13.8. The molecule has 2 aromatic rings. The number of hydrogen-bond donors (Lipinski definition) is 1. The topological polar surface area (TPSA) is 65.2 Å². The molecular weight excluding hydrogens is 272 g/mol. The van der Waals surface area contributed by atoms with Crippen LogP contribution in [-0.4, -0.2) is 24.6 Å². The van der Waals surface area contributed by atoms with Gasteiger partial charge in [-0.3, -0.25) is 9.78 Å². The molecule has 0 aliphatic heterocycles. The third-order valence-corrected chi connectivity index (χ3v) is 4.32. The number of hydrogen-bond acceptors (Lipinski definition) is 5. The smallest absolute Gasteiger partial charge is 0.317 e. The van der Waals surface area contributed by atoms with E-state index in [1.54, 1.807) is 11.7 Å². The molecule has 0 aliphatic carbocycles. The van der Waals surface area contributed by atoms with Crippen molar-refractivity contribution in [2.24, 2.45) is 5.73 Å². The van der Waals surface area contributed by atoms with Crippen LogP contribution in [0.2, 0.25) is 0 Å². The largest absolute Gasteiger partial charge is 0.468 e. The van der Waals surface area contributed by atoms with Crippen LogP contribution in [0.15, 0.2) is 36.0 Å². The average Bonchev–Trinajstić information content (AvgIpc) is 2.97. The number of nitrogens with zero attached hydrogens (tertiary/aromatic N) is 1. The fourth-order valence-corrected chi connectivity index (χ4v) is 3.18. The maximum Gasteiger partial charge on any atom is 0.317 e. The van der Waals surface area contributed by atoms with Crippen molar-refractivity contribution < 1.29 is 9.53 Å². The molecule has 1 aromatic carbocycles. The van der Waals surface area contributed by atoms with Gasteiger partial charge >= 0.3 is 5.97 Å². The van der Waals surface area contributed by atoms with E-state index < -0.39 is 5.41 Å². The highest BCUT2D eigenvalue weighted by Gasteiger charge is 2.41. The van der Waals surface area contributed by atoms with E-state index in [4.69, 9.17) is 10.5 Å². The van der Waals surface area contributed by atoms with Crippen LogP contribution in [-0.2, 0) is 21.4 Å². The third-order valence-electron chi connectivity index (χ3n) is 3.54. The summed E-state index contributed by atoms with van der Waals surface area (Å²) >= 11 is 1.52. The molecule has 0 spiro atoms. The zero-order chi connectivity index (χ0) is 14.6. The number of esters is 1. The molecule has 0 fully saturated rings. The van der Waals surface area contributed by atoms with E-state index in [1.807, 2.05) is 31.2 Å². The molecular formula is C15H18N2O2S. The summed E-state index contributed by atoms with van der Waals surface area (Å²) in [6.07, 6.45) is 2.28. The predicted octanol–water partition coefficient (Wildman–Crippen LogP) is 2.06. The van der Waals surface area contributed by atoms with Crippen LogP contribution in [0, 0.1) is 6.92 Å². The van der Waals surface area contributed by atoms with Crippen LogP contribution in [0.3, 0.4) is 0 Å². The number of ether oxygens (including phenoxy) is 1. The Hall–Kier alpha value is -1.72. The van der Waals surface area contributed by atoms with Gasteiger partial charge in [0, 0.05) is 24.0 Å². The molecule has 0 amide bonds. The second kappa shape index (κ2) is 6.15. The molecule has 0 saturated carbocycles. The van der Waals surface area contributed by atoms with E-state index in [0.717, 1.165) is 16.0 Å². The Morgan fingerprint density at radius 2 is 2.20 bits per heavy atom. The molecule has 1 heterocycles. The van der Waals surface area contributed by atoms with E-state index >= 15 is 0 Å². The Bertz CT molecular complexity index is 583. The summed E-state index contributed by atoms with van der Waals surface area (Å²) in [7, 11) is 1.40. The first-order chi connectivity index (χ1) is 9.64. The number of aryl methyl sites for hydroxylation is 1. The van der Waals surface area contributed by atoms with Crippen molar-refractivity contribution in [3.05, 3.63) is 52.0 Å². The van der Waals surface area contributed by atoms with Gasteiger partial charge in [0.25, 0.3) is 0 Å². The van der Waals surface area contributed by atoms with Crippen molar-refractivity contribution in [2.75, 3.05) is 13.7 Å². The lowest BCUT2D eigenvalue weighted by molar-refractivity contribution is -0.147. The van der Waals surface area contributed by atoms with Gasteiger partial charge in [-0.25, -0.2) is 0 Å². The molecule has 5 heteroatoms. The summed E-state index contributed by atoms with van der Waals surface area (Å²) in [6, 6.07) is 7.79. The minimum absolute atomic E-state index is 0.197. The Morgan fingerprint density at radius 1 is 1.45 bits per heavy atom. The van der Waals surface area contributed by atoms with Gasteiger partial charge in [-0.05, 0) is 18.1 Å². The fourth-order valence-electron chi connectivity index (χ4n) is 2.47. The molecule has 0 radical (unpaired) electrons. The lowest BCUT2D eigenvalue weighted by atomic mass is 9.75. The van der Waals surface area contributed by atoms with Gasteiger partial charge in [0.2, 0.25) is 0 Å². The summed E-state index contributed by atoms with van der Waals surface area (Å²) in [6.45, 7) is 2.18. The number of aromatic nitrogens is 1. The molecule has 0 bridgehead atoms. The van der Waals surface area contributed by atoms with Crippen LogP contribution < -0.4 is 5.73 Å². The van der Waals surface area contributed by atoms with Crippen molar-refractivity contribution in [1.82, 2.24) is 4.98 Å². The highest BCUT2D eigenvalue weighted by Crippen LogP contribution is 2.32. The molecule has 1 atom stereocenters. The lowest BCUT2D eigenvalue weighted by Crippen LogP contribution is -2.46. The first-order valence-electron chi connectivity index (χ1n) is 6.36. The Morgan fingerprint density at radius 3 is 2.75 bits per heavy atom. The first-order valence-corrected chi connectivity index (χ1v) is 7.24. The van der Waals surface area contributed by atoms with Gasteiger partial charge in [0.05, 0.1) is 12.6 Å². The van der Waals surface area contributed by atoms with Gasteiger partial charge in [-0.2, -0.15) is 0 Å². The number of thiazole rings is 1.